The van der Waals surface area contributed by atoms with Crippen LogP contribution in [0.4, 0.5) is 0 Å². The Morgan fingerprint density at radius 1 is 0.449 bits per heavy atom. The van der Waals surface area contributed by atoms with Crippen molar-refractivity contribution in [2.75, 3.05) is 85.8 Å². The SMILES string of the molecule is CC(=O)NC1[C@H](OCCCCC(=O)CCOCC(C)(COCCC(=O)NCCCO[C@@H]2OC(CO)[C@H](O)[C@H](O)C2NC(C)=O)COCCC(=O)NC(=O)CCO[C@@H]2OC(CO)[C@H](O)[C@H](O)C2NC(C)=O)OC(CO)[C@H](O)[C@@H]1O. The molecule has 30 nitrogen and oxygen atoms in total. The monoisotopic (exact) mass is 1130 g/mol. The molecule has 0 aromatic heterocycles. The average Bonchev–Trinajstić information content (AvgIpc) is 3.42. The fourth-order valence-corrected chi connectivity index (χ4v) is 8.32. The van der Waals surface area contributed by atoms with Gasteiger partial charge in [0.05, 0.1) is 85.5 Å². The highest BCUT2D eigenvalue weighted by Gasteiger charge is 2.48. The van der Waals surface area contributed by atoms with Crippen molar-refractivity contribution in [1.82, 2.24) is 26.6 Å². The number of amides is 6. The Bertz CT molecular complexity index is 1780. The molecule has 0 bridgehead atoms. The lowest BCUT2D eigenvalue weighted by atomic mass is 9.94. The van der Waals surface area contributed by atoms with Gasteiger partial charge in [0.25, 0.3) is 0 Å². The van der Waals surface area contributed by atoms with Gasteiger partial charge in [-0.3, -0.25) is 38.9 Å². The maximum Gasteiger partial charge on any atom is 0.228 e. The number of unbranched alkanes of at least 4 members (excludes halogenated alkanes) is 1. The quantitative estimate of drug-likeness (QED) is 0.0259. The number of aliphatic hydroxyl groups excluding tert-OH is 9. The summed E-state index contributed by atoms with van der Waals surface area (Å²) in [7, 11) is 0. The summed E-state index contributed by atoms with van der Waals surface area (Å²) >= 11 is 0. The Hall–Kier alpha value is -4.03. The minimum atomic E-state index is -1.55. The smallest absolute Gasteiger partial charge is 0.228 e. The molecular weight excluding hydrogens is 1050 g/mol. The van der Waals surface area contributed by atoms with Gasteiger partial charge in [-0.25, -0.2) is 0 Å². The largest absolute Gasteiger partial charge is 0.394 e. The van der Waals surface area contributed by atoms with Crippen molar-refractivity contribution >= 4 is 41.2 Å². The minimum Gasteiger partial charge on any atom is -0.394 e. The number of carbonyl (C=O) groups excluding carboxylic acids is 7. The van der Waals surface area contributed by atoms with Gasteiger partial charge in [-0.05, 0) is 19.3 Å². The van der Waals surface area contributed by atoms with E-state index in [-0.39, 0.29) is 116 Å². The van der Waals surface area contributed by atoms with Crippen molar-refractivity contribution in [3.63, 3.8) is 0 Å². The van der Waals surface area contributed by atoms with Crippen molar-refractivity contribution in [2.24, 2.45) is 5.41 Å². The van der Waals surface area contributed by atoms with E-state index in [4.69, 9.17) is 42.6 Å². The molecule has 3 aliphatic heterocycles. The predicted octanol–water partition coefficient (Wildman–Crippen LogP) is -6.63. The third kappa shape index (κ3) is 23.6. The van der Waals surface area contributed by atoms with Crippen molar-refractivity contribution in [3.8, 4) is 0 Å². The fraction of sp³-hybridized carbons (Fsp3) is 0.854. The normalized spacial score (nSPS) is 29.9. The molecular formula is C48H83N5O25. The fourth-order valence-electron chi connectivity index (χ4n) is 8.32. The van der Waals surface area contributed by atoms with Gasteiger partial charge in [-0.1, -0.05) is 6.92 Å². The van der Waals surface area contributed by atoms with Crippen molar-refractivity contribution in [1.29, 1.82) is 0 Å². The number of carbonyl (C=O) groups is 7. The van der Waals surface area contributed by atoms with Crippen LogP contribution in [0.2, 0.25) is 0 Å². The number of aliphatic hydroxyl groups is 9. The summed E-state index contributed by atoms with van der Waals surface area (Å²) in [5, 5.41) is 103. The molecule has 3 heterocycles. The summed E-state index contributed by atoms with van der Waals surface area (Å²) in [5.74, 6) is -3.46. The third-order valence-corrected chi connectivity index (χ3v) is 12.5. The van der Waals surface area contributed by atoms with Crippen LogP contribution in [0.25, 0.3) is 0 Å². The number of imide groups is 1. The zero-order valence-electron chi connectivity index (χ0n) is 44.6. The first-order chi connectivity index (χ1) is 37.0. The molecule has 0 aliphatic carbocycles. The molecule has 0 radical (unpaired) electrons. The molecule has 450 valence electrons. The van der Waals surface area contributed by atoms with Gasteiger partial charge < -0.3 is 110 Å². The number of hydrogen-bond donors (Lipinski definition) is 14. The number of nitrogens with one attached hydrogen (secondary N) is 5. The molecule has 3 fully saturated rings. The lowest BCUT2D eigenvalue weighted by Crippen LogP contribution is -2.64. The van der Waals surface area contributed by atoms with Crippen molar-refractivity contribution < 1.29 is 122 Å². The molecule has 78 heavy (non-hydrogen) atoms. The van der Waals surface area contributed by atoms with E-state index in [9.17, 15) is 79.5 Å². The van der Waals surface area contributed by atoms with Gasteiger partial charge in [-0.2, -0.15) is 0 Å². The van der Waals surface area contributed by atoms with E-state index >= 15 is 0 Å². The van der Waals surface area contributed by atoms with Crippen LogP contribution in [0.1, 0.15) is 79.1 Å². The average molecular weight is 1130 g/mol. The maximum atomic E-state index is 12.8. The van der Waals surface area contributed by atoms with E-state index in [1.807, 2.05) is 0 Å². The van der Waals surface area contributed by atoms with E-state index in [2.05, 4.69) is 26.6 Å². The zero-order valence-corrected chi connectivity index (χ0v) is 44.6. The van der Waals surface area contributed by atoms with Crippen molar-refractivity contribution in [3.05, 3.63) is 0 Å². The van der Waals surface area contributed by atoms with Gasteiger partial charge in [0, 0.05) is 58.6 Å². The summed E-state index contributed by atoms with van der Waals surface area (Å²) in [4.78, 5) is 85.7. The van der Waals surface area contributed by atoms with Crippen LogP contribution in [0.15, 0.2) is 0 Å². The van der Waals surface area contributed by atoms with Crippen LogP contribution < -0.4 is 26.6 Å². The first-order valence-electron chi connectivity index (χ1n) is 25.9. The molecule has 0 saturated carbocycles. The molecule has 0 aromatic carbocycles. The first-order valence-corrected chi connectivity index (χ1v) is 25.9. The van der Waals surface area contributed by atoms with Crippen LogP contribution in [-0.4, -0.2) is 265 Å². The van der Waals surface area contributed by atoms with Crippen LogP contribution in [0.3, 0.4) is 0 Å². The number of hydrogen-bond acceptors (Lipinski definition) is 25. The highest BCUT2D eigenvalue weighted by atomic mass is 16.7. The summed E-state index contributed by atoms with van der Waals surface area (Å²) in [6.45, 7) is 3.27. The Labute approximate surface area is 451 Å². The van der Waals surface area contributed by atoms with Gasteiger partial charge in [-0.15, -0.1) is 0 Å². The van der Waals surface area contributed by atoms with Crippen LogP contribution in [0.5, 0.6) is 0 Å². The Balaban J connectivity index is 1.45. The van der Waals surface area contributed by atoms with Crippen LogP contribution in [-0.2, 0) is 76.2 Å². The van der Waals surface area contributed by atoms with E-state index in [0.29, 0.717) is 12.8 Å². The van der Waals surface area contributed by atoms with Crippen LogP contribution >= 0.6 is 0 Å². The third-order valence-electron chi connectivity index (χ3n) is 12.5. The zero-order chi connectivity index (χ0) is 58.0. The second-order valence-electron chi connectivity index (χ2n) is 19.6. The van der Waals surface area contributed by atoms with Gasteiger partial charge in [0.1, 0.15) is 78.8 Å². The number of ketones is 1. The van der Waals surface area contributed by atoms with Crippen LogP contribution in [0, 0.1) is 5.41 Å². The summed E-state index contributed by atoms with van der Waals surface area (Å²) in [6, 6.07) is -3.43. The Morgan fingerprint density at radius 3 is 1.21 bits per heavy atom. The molecule has 16 atom stereocenters. The predicted molar refractivity (Wildman–Crippen MR) is 263 cm³/mol. The standard InChI is InChI=1S/C48H83N5O25/c1-26(57)50-36-42(67)39(64)30(20-54)76-45(36)73-14-6-5-8-29(60)9-16-70-23-48(4,24-71-17-10-33(61)49-13-7-15-74-46-37(51-27(2)58)43(68)40(65)31(21-55)77-46)25-72-18-11-34(62)53-35(63)12-19-75-47-38(52-28(3)59)44(69)41(66)32(22-56)78-47/h30-32,36-47,54-56,64-69H,5-25H2,1-4H3,(H,49,61)(H,50,57)(H,51,58)(H,52,59)(H,53,62,63)/t30?,31?,32?,36?,37?,38?,39-,40-,41-,42+,43+,44+,45+,46+,47+,48?/m0/s1. The molecule has 0 aromatic rings. The van der Waals surface area contributed by atoms with E-state index in [1.165, 1.54) is 20.8 Å². The molecule has 6 amide bonds. The lowest BCUT2D eigenvalue weighted by Gasteiger charge is -2.42. The first kappa shape index (κ1) is 68.2. The van der Waals surface area contributed by atoms with Gasteiger partial charge in [0.15, 0.2) is 18.9 Å². The summed E-state index contributed by atoms with van der Waals surface area (Å²) in [5.41, 5.74) is -0.878. The molecule has 0 spiro atoms. The summed E-state index contributed by atoms with van der Waals surface area (Å²) < 4.78 is 51.0. The van der Waals surface area contributed by atoms with E-state index < -0.39 is 147 Å². The number of Topliss-reactive ketones (excluding diaryl/α,β-unsaturated/α-hetero) is 1. The molecule has 7 unspecified atom stereocenters. The van der Waals surface area contributed by atoms with Gasteiger partial charge in [0.2, 0.25) is 35.4 Å². The maximum absolute atomic E-state index is 12.8. The minimum absolute atomic E-state index is 0.00404. The van der Waals surface area contributed by atoms with Crippen molar-refractivity contribution in [2.45, 2.75) is 171 Å². The van der Waals surface area contributed by atoms with Gasteiger partial charge >= 0.3 is 0 Å². The molecule has 3 rings (SSSR count). The molecule has 14 N–H and O–H groups in total. The van der Waals surface area contributed by atoms with E-state index in [1.54, 1.807) is 6.92 Å². The second kappa shape index (κ2) is 35.6. The highest BCUT2D eigenvalue weighted by Crippen LogP contribution is 2.26. The topological polar surface area (TPSA) is 445 Å². The molecule has 3 saturated heterocycles. The Kier molecular flexibility index (Phi) is 31.2. The summed E-state index contributed by atoms with van der Waals surface area (Å²) in [6.07, 6.45) is -15.5. The highest BCUT2D eigenvalue weighted by molar-refractivity contribution is 5.95. The molecule has 3 aliphatic rings. The lowest BCUT2D eigenvalue weighted by molar-refractivity contribution is -0.270. The molecule has 30 heteroatoms. The number of rotatable bonds is 36. The van der Waals surface area contributed by atoms with E-state index in [0.717, 1.165) is 0 Å². The Morgan fingerprint density at radius 2 is 0.808 bits per heavy atom. The number of ether oxygens (including phenoxy) is 9. The second-order valence-corrected chi connectivity index (χ2v) is 19.6.